The average molecular weight is 361 g/mol. The van der Waals surface area contributed by atoms with E-state index in [4.69, 9.17) is 0 Å². The highest BCUT2D eigenvalue weighted by atomic mass is 16.2. The zero-order valence-corrected chi connectivity index (χ0v) is 14.4. The smallest absolute Gasteiger partial charge is 0.261 e. The van der Waals surface area contributed by atoms with Crippen molar-refractivity contribution in [1.29, 1.82) is 0 Å². The molecule has 2 aromatic heterocycles. The quantitative estimate of drug-likeness (QED) is 0.709. The van der Waals surface area contributed by atoms with E-state index in [1.54, 1.807) is 41.5 Å². The Labute approximate surface area is 154 Å². The van der Waals surface area contributed by atoms with E-state index < -0.39 is 5.91 Å². The average Bonchev–Trinajstić information content (AvgIpc) is 3.31. The first-order valence-electron chi connectivity index (χ1n) is 8.24. The summed E-state index contributed by atoms with van der Waals surface area (Å²) < 4.78 is 1.63. The number of carbonyl (C=O) groups excluding carboxylic acids is 3. The van der Waals surface area contributed by atoms with Crippen LogP contribution in [-0.4, -0.2) is 44.4 Å². The standard InChI is InChI=1S/C19H15N5O3/c1-23-18(26)14-4-3-13(10-15(14)19(23)27)17(25)21-11-12-5-7-20-16(9-12)24-8-2-6-22-24/h2-10H,11H2,1H3,(H,21,25). The fourth-order valence-electron chi connectivity index (χ4n) is 2.89. The van der Waals surface area contributed by atoms with Crippen LogP contribution in [0.5, 0.6) is 0 Å². The summed E-state index contributed by atoms with van der Waals surface area (Å²) in [6, 6.07) is 9.93. The first kappa shape index (κ1) is 16.6. The fraction of sp³-hybridized carbons (Fsp3) is 0.105. The molecule has 0 unspecified atom stereocenters. The zero-order valence-electron chi connectivity index (χ0n) is 14.4. The van der Waals surface area contributed by atoms with Gasteiger partial charge in [-0.1, -0.05) is 0 Å². The van der Waals surface area contributed by atoms with E-state index >= 15 is 0 Å². The molecule has 3 amide bonds. The molecule has 0 aliphatic carbocycles. The van der Waals surface area contributed by atoms with Gasteiger partial charge in [0.05, 0.1) is 11.1 Å². The van der Waals surface area contributed by atoms with Crippen LogP contribution in [0.15, 0.2) is 55.0 Å². The van der Waals surface area contributed by atoms with E-state index in [1.807, 2.05) is 6.07 Å². The number of hydrogen-bond acceptors (Lipinski definition) is 5. The van der Waals surface area contributed by atoms with Crippen LogP contribution in [0.3, 0.4) is 0 Å². The van der Waals surface area contributed by atoms with Gasteiger partial charge in [0.25, 0.3) is 17.7 Å². The van der Waals surface area contributed by atoms with Gasteiger partial charge in [-0.15, -0.1) is 0 Å². The molecule has 3 heterocycles. The van der Waals surface area contributed by atoms with Gasteiger partial charge in [-0.05, 0) is 42.0 Å². The molecule has 134 valence electrons. The summed E-state index contributed by atoms with van der Waals surface area (Å²) in [7, 11) is 1.42. The second kappa shape index (κ2) is 6.49. The first-order chi connectivity index (χ1) is 13.0. The van der Waals surface area contributed by atoms with Crippen molar-refractivity contribution in [3.8, 4) is 5.82 Å². The summed E-state index contributed by atoms with van der Waals surface area (Å²) in [5, 5.41) is 6.94. The van der Waals surface area contributed by atoms with Gasteiger partial charge in [-0.3, -0.25) is 19.3 Å². The van der Waals surface area contributed by atoms with Crippen LogP contribution >= 0.6 is 0 Å². The lowest BCUT2D eigenvalue weighted by molar-refractivity contribution is 0.0693. The number of pyridine rings is 1. The number of nitrogens with one attached hydrogen (secondary N) is 1. The predicted molar refractivity (Wildman–Crippen MR) is 95.4 cm³/mol. The molecule has 3 aromatic rings. The SMILES string of the molecule is CN1C(=O)c2ccc(C(=O)NCc3ccnc(-n4cccn4)c3)cc2C1=O. The molecule has 1 aromatic carbocycles. The van der Waals surface area contributed by atoms with Crippen LogP contribution in [0.1, 0.15) is 36.6 Å². The van der Waals surface area contributed by atoms with Crippen molar-refractivity contribution in [3.63, 3.8) is 0 Å². The lowest BCUT2D eigenvalue weighted by Gasteiger charge is -2.08. The highest BCUT2D eigenvalue weighted by Crippen LogP contribution is 2.22. The minimum Gasteiger partial charge on any atom is -0.348 e. The molecule has 0 radical (unpaired) electrons. The largest absolute Gasteiger partial charge is 0.348 e. The summed E-state index contributed by atoms with van der Waals surface area (Å²) in [5.41, 5.74) is 1.75. The Hall–Kier alpha value is -3.81. The molecule has 1 aliphatic rings. The molecule has 1 N–H and O–H groups in total. The van der Waals surface area contributed by atoms with Crippen molar-refractivity contribution in [2.75, 3.05) is 7.05 Å². The second-order valence-corrected chi connectivity index (χ2v) is 6.09. The molecule has 0 saturated carbocycles. The molecule has 0 saturated heterocycles. The Morgan fingerprint density at radius 2 is 1.89 bits per heavy atom. The van der Waals surface area contributed by atoms with Gasteiger partial charge in [-0.25, -0.2) is 9.67 Å². The topological polar surface area (TPSA) is 97.2 Å². The van der Waals surface area contributed by atoms with Crippen molar-refractivity contribution >= 4 is 17.7 Å². The predicted octanol–water partition coefficient (Wildman–Crippen LogP) is 1.42. The van der Waals surface area contributed by atoms with Gasteiger partial charge in [0, 0.05) is 37.7 Å². The number of fused-ring (bicyclic) bond motifs is 1. The molecule has 27 heavy (non-hydrogen) atoms. The lowest BCUT2D eigenvalue weighted by atomic mass is 10.1. The first-order valence-corrected chi connectivity index (χ1v) is 8.24. The number of benzene rings is 1. The Morgan fingerprint density at radius 3 is 2.67 bits per heavy atom. The maximum absolute atomic E-state index is 12.4. The molecule has 8 nitrogen and oxygen atoms in total. The molecule has 0 fully saturated rings. The molecule has 0 bridgehead atoms. The van der Waals surface area contributed by atoms with E-state index in [1.165, 1.54) is 19.2 Å². The van der Waals surface area contributed by atoms with Crippen LogP contribution in [0.2, 0.25) is 0 Å². The highest BCUT2D eigenvalue weighted by molar-refractivity contribution is 6.21. The van der Waals surface area contributed by atoms with Gasteiger partial charge >= 0.3 is 0 Å². The van der Waals surface area contributed by atoms with Crippen LogP contribution in [-0.2, 0) is 6.54 Å². The summed E-state index contributed by atoms with van der Waals surface area (Å²) in [5.74, 6) is -0.436. The van der Waals surface area contributed by atoms with E-state index in [-0.39, 0.29) is 17.4 Å². The van der Waals surface area contributed by atoms with Gasteiger partial charge in [0.15, 0.2) is 5.82 Å². The number of carbonyl (C=O) groups is 3. The zero-order chi connectivity index (χ0) is 19.0. The van der Waals surface area contributed by atoms with Crippen molar-refractivity contribution in [2.45, 2.75) is 6.54 Å². The van der Waals surface area contributed by atoms with E-state index in [0.29, 0.717) is 23.5 Å². The number of rotatable bonds is 4. The molecular weight excluding hydrogens is 346 g/mol. The van der Waals surface area contributed by atoms with Gasteiger partial charge in [-0.2, -0.15) is 5.10 Å². The third kappa shape index (κ3) is 2.97. The normalized spacial score (nSPS) is 13.0. The summed E-state index contributed by atoms with van der Waals surface area (Å²) in [6.07, 6.45) is 5.09. The second-order valence-electron chi connectivity index (χ2n) is 6.09. The van der Waals surface area contributed by atoms with Crippen molar-refractivity contribution < 1.29 is 14.4 Å². The maximum Gasteiger partial charge on any atom is 0.261 e. The summed E-state index contributed by atoms with van der Waals surface area (Å²) >= 11 is 0. The fourth-order valence-corrected chi connectivity index (χ4v) is 2.89. The lowest BCUT2D eigenvalue weighted by Crippen LogP contribution is -2.24. The third-order valence-corrected chi connectivity index (χ3v) is 4.35. The van der Waals surface area contributed by atoms with Crippen molar-refractivity contribution in [2.24, 2.45) is 0 Å². The Kier molecular flexibility index (Phi) is 4.00. The van der Waals surface area contributed by atoms with E-state index in [0.717, 1.165) is 10.5 Å². The van der Waals surface area contributed by atoms with Gasteiger partial charge in [0.2, 0.25) is 0 Å². The number of aromatic nitrogens is 3. The minimum atomic E-state index is -0.400. The van der Waals surface area contributed by atoms with Crippen LogP contribution in [0.25, 0.3) is 5.82 Å². The molecule has 8 heteroatoms. The minimum absolute atomic E-state index is 0.250. The number of amides is 3. The number of nitrogens with zero attached hydrogens (tertiary/aromatic N) is 4. The highest BCUT2D eigenvalue weighted by Gasteiger charge is 2.33. The Balaban J connectivity index is 1.49. The third-order valence-electron chi connectivity index (χ3n) is 4.35. The van der Waals surface area contributed by atoms with Gasteiger partial charge < -0.3 is 5.32 Å². The molecule has 0 spiro atoms. The number of imide groups is 1. The monoisotopic (exact) mass is 361 g/mol. The Morgan fingerprint density at radius 1 is 1.07 bits per heavy atom. The van der Waals surface area contributed by atoms with Crippen molar-refractivity contribution in [1.82, 2.24) is 25.0 Å². The Bertz CT molecular complexity index is 1060. The van der Waals surface area contributed by atoms with Crippen LogP contribution < -0.4 is 5.32 Å². The van der Waals surface area contributed by atoms with E-state index in [2.05, 4.69) is 15.4 Å². The molecule has 1 aliphatic heterocycles. The molecular formula is C19H15N5O3. The van der Waals surface area contributed by atoms with Crippen LogP contribution in [0, 0.1) is 0 Å². The van der Waals surface area contributed by atoms with Gasteiger partial charge in [0.1, 0.15) is 0 Å². The summed E-state index contributed by atoms with van der Waals surface area (Å²) in [6.45, 7) is 0.291. The summed E-state index contributed by atoms with van der Waals surface area (Å²) in [4.78, 5) is 41.7. The number of hydrogen-bond donors (Lipinski definition) is 1. The maximum atomic E-state index is 12.4. The van der Waals surface area contributed by atoms with E-state index in [9.17, 15) is 14.4 Å². The van der Waals surface area contributed by atoms with Crippen LogP contribution in [0.4, 0.5) is 0 Å². The molecule has 4 rings (SSSR count). The van der Waals surface area contributed by atoms with Crippen molar-refractivity contribution in [3.05, 3.63) is 77.2 Å². The molecule has 0 atom stereocenters.